The number of piperidine rings is 2. The maximum absolute atomic E-state index is 13.1. The first-order valence-electron chi connectivity index (χ1n) is 19.3. The fourth-order valence-corrected chi connectivity index (χ4v) is 7.24. The normalized spacial score (nSPS) is 16.5. The molecule has 0 bridgehead atoms. The Morgan fingerprint density at radius 1 is 0.667 bits per heavy atom. The fourth-order valence-electron chi connectivity index (χ4n) is 7.24. The van der Waals surface area contributed by atoms with Crippen LogP contribution in [0, 0.1) is 21.7 Å². The quantitative estimate of drug-likeness (QED) is 0.108. The first-order valence-corrected chi connectivity index (χ1v) is 19.3. The second-order valence-corrected chi connectivity index (χ2v) is 14.4. The van der Waals surface area contributed by atoms with Crippen molar-refractivity contribution in [3.05, 3.63) is 160 Å². The number of rotatable bonds is 8. The molecule has 0 N–H and O–H groups in total. The van der Waals surface area contributed by atoms with Crippen molar-refractivity contribution in [2.45, 2.75) is 37.5 Å². The second kappa shape index (κ2) is 17.6. The van der Waals surface area contributed by atoms with Gasteiger partial charge in [-0.05, 0) is 111 Å². The van der Waals surface area contributed by atoms with E-state index in [2.05, 4.69) is 25.3 Å². The Morgan fingerprint density at radius 3 is 1.60 bits per heavy atom. The maximum atomic E-state index is 13.1. The number of carbonyl (C=O) groups is 2. The minimum absolute atomic E-state index is 0.0137. The van der Waals surface area contributed by atoms with E-state index in [0.29, 0.717) is 71.9 Å². The molecule has 304 valence electrons. The van der Waals surface area contributed by atoms with E-state index < -0.39 is 4.92 Å². The molecular weight excluding hydrogens is 777 g/mol. The number of carbonyl (C=O) groups excluding carboxylic acids is 2. The SMILES string of the molecule is O=C(c1ccc(-n2ccnc2)cc1)N1CCC[C@H](c2nc(-c3ccc(F)cc3)no2)C1.O=C(c1ccc(F)cc1)N1CCC[C@H](c2nc(-c3ccc([N+](=O)[O-])cc3)no2)C1. The standard InChI is InChI=1S/C23H20FN5O2.C20H17FN4O4/c24-19-7-3-16(4-8-19)21-26-22(31-27-21)18-2-1-12-28(14-18)23(30)17-5-9-20(10-6-17)29-13-11-25-15-29;21-16-7-3-14(4-8-16)20(26)24-11-1-2-15(12-24)19-22-18(23-29-19)13-5-9-17(10-6-13)25(27)28/h3-11,13,15,18H,1-2,12,14H2;3-10,15H,1-2,11-12H2/t18-;15-/m00/s1. The Morgan fingerprint density at radius 2 is 1.13 bits per heavy atom. The summed E-state index contributed by atoms with van der Waals surface area (Å²) in [6, 6.07) is 24.8. The zero-order valence-corrected chi connectivity index (χ0v) is 32.0. The van der Waals surface area contributed by atoms with Gasteiger partial charge < -0.3 is 23.4 Å². The third-order valence-electron chi connectivity index (χ3n) is 10.4. The predicted molar refractivity (Wildman–Crippen MR) is 212 cm³/mol. The van der Waals surface area contributed by atoms with Crippen LogP contribution in [-0.2, 0) is 0 Å². The molecule has 5 heterocycles. The molecule has 15 nitrogen and oxygen atoms in total. The van der Waals surface area contributed by atoms with Crippen molar-refractivity contribution in [2.75, 3.05) is 26.2 Å². The van der Waals surface area contributed by atoms with Crippen molar-refractivity contribution in [1.82, 2.24) is 39.6 Å². The molecule has 2 aliphatic rings. The summed E-state index contributed by atoms with van der Waals surface area (Å²) in [7, 11) is 0. The number of aromatic nitrogens is 6. The zero-order valence-electron chi connectivity index (χ0n) is 32.0. The Balaban J connectivity index is 0.000000167. The summed E-state index contributed by atoms with van der Waals surface area (Å²) in [5.74, 6) is 0.698. The van der Waals surface area contributed by atoms with E-state index in [1.165, 1.54) is 48.5 Å². The molecule has 3 aromatic heterocycles. The van der Waals surface area contributed by atoms with Gasteiger partial charge in [0.25, 0.3) is 17.5 Å². The highest BCUT2D eigenvalue weighted by Gasteiger charge is 2.31. The van der Waals surface area contributed by atoms with Crippen molar-refractivity contribution < 1.29 is 32.3 Å². The molecule has 2 saturated heterocycles. The van der Waals surface area contributed by atoms with Crippen molar-refractivity contribution in [1.29, 1.82) is 0 Å². The van der Waals surface area contributed by atoms with E-state index in [0.717, 1.165) is 31.4 Å². The minimum atomic E-state index is -0.472. The van der Waals surface area contributed by atoms with Crippen molar-refractivity contribution in [3.63, 3.8) is 0 Å². The highest BCUT2D eigenvalue weighted by molar-refractivity contribution is 5.95. The Labute approximate surface area is 341 Å². The van der Waals surface area contributed by atoms with Crippen LogP contribution in [-0.4, -0.2) is 82.5 Å². The molecule has 17 heteroatoms. The van der Waals surface area contributed by atoms with Gasteiger partial charge >= 0.3 is 0 Å². The van der Waals surface area contributed by atoms with Crippen LogP contribution < -0.4 is 0 Å². The number of non-ortho nitro benzene ring substituents is 1. The lowest BCUT2D eigenvalue weighted by Gasteiger charge is -2.31. The van der Waals surface area contributed by atoms with E-state index in [1.54, 1.807) is 41.7 Å². The van der Waals surface area contributed by atoms with Crippen molar-refractivity contribution >= 4 is 17.5 Å². The first kappa shape index (κ1) is 39.4. The number of benzene rings is 4. The van der Waals surface area contributed by atoms with Gasteiger partial charge in [-0.15, -0.1) is 0 Å². The van der Waals surface area contributed by atoms with Crippen LogP contribution in [0.15, 0.2) is 125 Å². The molecular formula is C43H37F2N9O6. The molecule has 7 aromatic rings. The Hall–Kier alpha value is -7.43. The lowest BCUT2D eigenvalue weighted by molar-refractivity contribution is -0.384. The van der Waals surface area contributed by atoms with E-state index in [-0.39, 0.29) is 41.0 Å². The summed E-state index contributed by atoms with van der Waals surface area (Å²) in [4.78, 5) is 52.5. The van der Waals surface area contributed by atoms with Crippen LogP contribution in [0.25, 0.3) is 28.5 Å². The van der Waals surface area contributed by atoms with Gasteiger partial charge in [0.15, 0.2) is 0 Å². The summed E-state index contributed by atoms with van der Waals surface area (Å²) < 4.78 is 39.0. The van der Waals surface area contributed by atoms with E-state index in [9.17, 15) is 28.5 Å². The molecule has 2 atom stereocenters. The van der Waals surface area contributed by atoms with Gasteiger partial charge in [0.05, 0.1) is 23.1 Å². The van der Waals surface area contributed by atoms with Crippen molar-refractivity contribution in [3.8, 4) is 28.5 Å². The van der Waals surface area contributed by atoms with Gasteiger partial charge in [0, 0.05) is 78.6 Å². The molecule has 9 rings (SSSR count). The van der Waals surface area contributed by atoms with E-state index in [4.69, 9.17) is 9.05 Å². The number of amides is 2. The number of nitro groups is 1. The number of halogens is 2. The smallest absolute Gasteiger partial charge is 0.269 e. The number of likely N-dealkylation sites (tertiary alicyclic amines) is 2. The van der Waals surface area contributed by atoms with Gasteiger partial charge in [-0.1, -0.05) is 10.3 Å². The van der Waals surface area contributed by atoms with Gasteiger partial charge in [-0.25, -0.2) is 13.8 Å². The highest BCUT2D eigenvalue weighted by atomic mass is 19.1. The fraction of sp³-hybridized carbons (Fsp3) is 0.233. The van der Waals surface area contributed by atoms with Crippen LogP contribution in [0.4, 0.5) is 14.5 Å². The van der Waals surface area contributed by atoms with Crippen molar-refractivity contribution in [2.24, 2.45) is 0 Å². The third-order valence-corrected chi connectivity index (χ3v) is 10.4. The second-order valence-electron chi connectivity index (χ2n) is 14.4. The molecule has 0 unspecified atom stereocenters. The summed E-state index contributed by atoms with van der Waals surface area (Å²) >= 11 is 0. The van der Waals surface area contributed by atoms with E-state index in [1.807, 2.05) is 39.9 Å². The summed E-state index contributed by atoms with van der Waals surface area (Å²) in [6.45, 7) is 2.25. The predicted octanol–water partition coefficient (Wildman–Crippen LogP) is 7.88. The van der Waals surface area contributed by atoms with Gasteiger partial charge in [-0.2, -0.15) is 9.97 Å². The van der Waals surface area contributed by atoms with Crippen LogP contribution in [0.5, 0.6) is 0 Å². The average Bonchev–Trinajstić information content (AvgIpc) is 4.11. The zero-order chi connectivity index (χ0) is 41.6. The van der Waals surface area contributed by atoms with Gasteiger partial charge in [0.1, 0.15) is 11.6 Å². The molecule has 0 saturated carbocycles. The van der Waals surface area contributed by atoms with Crippen LogP contribution in [0.3, 0.4) is 0 Å². The summed E-state index contributed by atoms with van der Waals surface area (Å²) in [6.07, 6.45) is 8.60. The average molecular weight is 814 g/mol. The molecule has 2 aliphatic heterocycles. The number of hydrogen-bond donors (Lipinski definition) is 0. The topological polar surface area (TPSA) is 179 Å². The molecule has 4 aromatic carbocycles. The molecule has 0 radical (unpaired) electrons. The number of hydrogen-bond acceptors (Lipinski definition) is 11. The molecule has 60 heavy (non-hydrogen) atoms. The largest absolute Gasteiger partial charge is 0.339 e. The third kappa shape index (κ3) is 8.99. The molecule has 0 spiro atoms. The monoisotopic (exact) mass is 813 g/mol. The molecule has 2 amide bonds. The highest BCUT2D eigenvalue weighted by Crippen LogP contribution is 2.30. The lowest BCUT2D eigenvalue weighted by atomic mass is 9.97. The Bertz CT molecular complexity index is 2560. The van der Waals surface area contributed by atoms with Gasteiger partial charge in [-0.3, -0.25) is 19.7 Å². The van der Waals surface area contributed by atoms with Gasteiger partial charge in [0.2, 0.25) is 23.4 Å². The van der Waals surface area contributed by atoms with Crippen LogP contribution in [0.2, 0.25) is 0 Å². The van der Waals surface area contributed by atoms with Crippen LogP contribution >= 0.6 is 0 Å². The maximum Gasteiger partial charge on any atom is 0.269 e. The Kier molecular flexibility index (Phi) is 11.6. The molecule has 0 aliphatic carbocycles. The van der Waals surface area contributed by atoms with E-state index >= 15 is 0 Å². The molecule has 2 fully saturated rings. The first-order chi connectivity index (χ1) is 29.2. The summed E-state index contributed by atoms with van der Waals surface area (Å²) in [5, 5.41) is 18.8. The number of imidazole rings is 1. The van der Waals surface area contributed by atoms with Crippen LogP contribution in [0.1, 0.15) is 70.0 Å². The summed E-state index contributed by atoms with van der Waals surface area (Å²) in [5.41, 5.74) is 3.31. The number of nitrogens with zero attached hydrogens (tertiary/aromatic N) is 9. The number of nitro benzene ring substituents is 1. The minimum Gasteiger partial charge on any atom is -0.339 e. The lowest BCUT2D eigenvalue weighted by Crippen LogP contribution is -2.39.